The average Bonchev–Trinajstić information content (AvgIpc) is 3.02. The van der Waals surface area contributed by atoms with Gasteiger partial charge in [-0.1, -0.05) is 31.0 Å². The Hall–Kier alpha value is -3.26. The molecule has 2 aromatic carbocycles. The summed E-state index contributed by atoms with van der Waals surface area (Å²) in [7, 11) is 1.43. The van der Waals surface area contributed by atoms with Gasteiger partial charge in [0.25, 0.3) is 17.7 Å². The van der Waals surface area contributed by atoms with Gasteiger partial charge in [0.2, 0.25) is 0 Å². The van der Waals surface area contributed by atoms with Crippen molar-refractivity contribution in [2.45, 2.75) is 26.3 Å². The Bertz CT molecular complexity index is 1070. The van der Waals surface area contributed by atoms with Crippen LogP contribution >= 0.6 is 11.6 Å². The average molecular weight is 461 g/mol. The molecule has 0 radical (unpaired) electrons. The molecule has 0 unspecified atom stereocenters. The topological polar surface area (TPSA) is 84.0 Å². The highest BCUT2D eigenvalue weighted by Gasteiger charge is 2.35. The van der Waals surface area contributed by atoms with Gasteiger partial charge in [0.05, 0.1) is 16.7 Å². The molecule has 2 aromatic rings. The van der Waals surface area contributed by atoms with E-state index in [4.69, 9.17) is 16.3 Å². The molecular weight excluding hydrogens is 439 g/mol. The van der Waals surface area contributed by atoms with Gasteiger partial charge >= 0.3 is 5.97 Å². The molecule has 0 N–H and O–H groups in total. The zero-order chi connectivity index (χ0) is 23.4. The maximum absolute atomic E-state index is 13.9. The summed E-state index contributed by atoms with van der Waals surface area (Å²) in [6, 6.07) is 8.31. The Balaban J connectivity index is 1.62. The summed E-state index contributed by atoms with van der Waals surface area (Å²) in [5, 5.41) is 0.187. The number of likely N-dealkylation sites (N-methyl/N-ethyl adjacent to an activating group) is 1. The van der Waals surface area contributed by atoms with Gasteiger partial charge in [0.1, 0.15) is 5.82 Å². The standard InChI is InChI=1S/C23H22ClFN2O5/c1-3-4-10-27-21(29)15-9-8-14(11-16(15)22(27)30)23(31)32-13-20(28)26(2)12-17-18(24)6-5-7-19(17)25/h5-9,11H,3-4,10,12-13H2,1-2H3. The van der Waals surface area contributed by atoms with E-state index in [-0.39, 0.29) is 39.7 Å². The summed E-state index contributed by atoms with van der Waals surface area (Å²) in [6.07, 6.45) is 1.52. The van der Waals surface area contributed by atoms with Gasteiger partial charge in [0.15, 0.2) is 6.61 Å². The molecule has 0 atom stereocenters. The van der Waals surface area contributed by atoms with Gasteiger partial charge in [-0.15, -0.1) is 0 Å². The molecule has 0 saturated carbocycles. The number of carbonyl (C=O) groups excluding carboxylic acids is 4. The molecule has 7 nitrogen and oxygen atoms in total. The Kier molecular flexibility index (Phi) is 7.25. The third-order valence-corrected chi connectivity index (χ3v) is 5.51. The zero-order valence-corrected chi connectivity index (χ0v) is 18.4. The number of hydrogen-bond donors (Lipinski definition) is 0. The van der Waals surface area contributed by atoms with Crippen LogP contribution in [0.1, 0.15) is 56.4 Å². The smallest absolute Gasteiger partial charge is 0.338 e. The lowest BCUT2D eigenvalue weighted by Crippen LogP contribution is -2.31. The van der Waals surface area contributed by atoms with E-state index in [2.05, 4.69) is 0 Å². The van der Waals surface area contributed by atoms with Gasteiger partial charge in [-0.05, 0) is 36.8 Å². The Morgan fingerprint density at radius 2 is 1.84 bits per heavy atom. The second-order valence-electron chi connectivity index (χ2n) is 7.40. The maximum Gasteiger partial charge on any atom is 0.338 e. The van der Waals surface area contributed by atoms with Crippen molar-refractivity contribution in [3.63, 3.8) is 0 Å². The van der Waals surface area contributed by atoms with E-state index < -0.39 is 30.2 Å². The van der Waals surface area contributed by atoms with Crippen molar-refractivity contribution in [2.75, 3.05) is 20.2 Å². The van der Waals surface area contributed by atoms with Crippen molar-refractivity contribution < 1.29 is 28.3 Å². The summed E-state index contributed by atoms with van der Waals surface area (Å²) >= 11 is 5.97. The summed E-state index contributed by atoms with van der Waals surface area (Å²) in [6.45, 7) is 1.60. The highest BCUT2D eigenvalue weighted by Crippen LogP contribution is 2.25. The number of fused-ring (bicyclic) bond motifs is 1. The molecule has 3 rings (SSSR count). The van der Waals surface area contributed by atoms with E-state index in [9.17, 15) is 23.6 Å². The zero-order valence-electron chi connectivity index (χ0n) is 17.7. The number of halogens is 2. The van der Waals surface area contributed by atoms with Crippen LogP contribution in [0.4, 0.5) is 4.39 Å². The molecule has 1 heterocycles. The fourth-order valence-corrected chi connectivity index (χ4v) is 3.49. The summed E-state index contributed by atoms with van der Waals surface area (Å²) in [5.41, 5.74) is 0.582. The van der Waals surface area contributed by atoms with Crippen LogP contribution < -0.4 is 0 Å². The quantitative estimate of drug-likeness (QED) is 0.443. The minimum absolute atomic E-state index is 0.0508. The van der Waals surface area contributed by atoms with Gasteiger partial charge < -0.3 is 9.64 Å². The van der Waals surface area contributed by atoms with Crippen molar-refractivity contribution in [1.82, 2.24) is 9.80 Å². The molecule has 9 heteroatoms. The number of carbonyl (C=O) groups is 4. The van der Waals surface area contributed by atoms with Crippen molar-refractivity contribution in [3.05, 3.63) is 69.5 Å². The molecule has 168 valence electrons. The third-order valence-electron chi connectivity index (χ3n) is 5.15. The fraction of sp³-hybridized carbons (Fsp3) is 0.304. The van der Waals surface area contributed by atoms with Crippen LogP contribution in [0, 0.1) is 5.82 Å². The van der Waals surface area contributed by atoms with Crippen molar-refractivity contribution >= 4 is 35.3 Å². The minimum Gasteiger partial charge on any atom is -0.452 e. The van der Waals surface area contributed by atoms with Crippen LogP contribution in [0.15, 0.2) is 36.4 Å². The highest BCUT2D eigenvalue weighted by atomic mass is 35.5. The maximum atomic E-state index is 13.9. The van der Waals surface area contributed by atoms with E-state index >= 15 is 0 Å². The molecule has 0 aromatic heterocycles. The van der Waals surface area contributed by atoms with Crippen LogP contribution in [-0.4, -0.2) is 53.7 Å². The predicted molar refractivity (Wildman–Crippen MR) is 115 cm³/mol. The number of hydrogen-bond acceptors (Lipinski definition) is 5. The first-order valence-corrected chi connectivity index (χ1v) is 10.5. The molecule has 32 heavy (non-hydrogen) atoms. The van der Waals surface area contributed by atoms with E-state index in [0.29, 0.717) is 13.0 Å². The second kappa shape index (κ2) is 9.91. The number of rotatable bonds is 8. The van der Waals surface area contributed by atoms with Gasteiger partial charge in [0, 0.05) is 30.7 Å². The van der Waals surface area contributed by atoms with Crippen molar-refractivity contribution in [2.24, 2.45) is 0 Å². The van der Waals surface area contributed by atoms with Crippen LogP contribution in [0.25, 0.3) is 0 Å². The van der Waals surface area contributed by atoms with Crippen LogP contribution in [0.3, 0.4) is 0 Å². The normalized spacial score (nSPS) is 12.7. The molecule has 0 spiro atoms. The number of amides is 3. The molecule has 0 saturated heterocycles. The number of unbranched alkanes of at least 4 members (excludes halogenated alkanes) is 1. The molecule has 1 aliphatic rings. The predicted octanol–water partition coefficient (Wildman–Crippen LogP) is 3.69. The number of esters is 1. The summed E-state index contributed by atoms with van der Waals surface area (Å²) < 4.78 is 19.0. The molecular formula is C23H22ClFN2O5. The first-order valence-electron chi connectivity index (χ1n) is 10.1. The number of nitrogens with zero attached hydrogens (tertiary/aromatic N) is 2. The molecule has 1 aliphatic heterocycles. The van der Waals surface area contributed by atoms with Crippen molar-refractivity contribution in [1.29, 1.82) is 0 Å². The molecule has 0 fully saturated rings. The molecule has 0 aliphatic carbocycles. The van der Waals surface area contributed by atoms with Crippen LogP contribution in [0.5, 0.6) is 0 Å². The van der Waals surface area contributed by atoms with Crippen LogP contribution in [-0.2, 0) is 16.1 Å². The van der Waals surface area contributed by atoms with Gasteiger partial charge in [-0.3, -0.25) is 19.3 Å². The summed E-state index contributed by atoms with van der Waals surface area (Å²) in [5.74, 6) is -2.76. The van der Waals surface area contributed by atoms with E-state index in [1.807, 2.05) is 6.92 Å². The highest BCUT2D eigenvalue weighted by molar-refractivity contribution is 6.31. The van der Waals surface area contributed by atoms with Crippen molar-refractivity contribution in [3.8, 4) is 0 Å². The lowest BCUT2D eigenvalue weighted by molar-refractivity contribution is -0.133. The first kappa shape index (κ1) is 23.4. The third kappa shape index (κ3) is 4.80. The Labute approximate surface area is 189 Å². The van der Waals surface area contributed by atoms with Gasteiger partial charge in [-0.25, -0.2) is 9.18 Å². The monoisotopic (exact) mass is 460 g/mol. The fourth-order valence-electron chi connectivity index (χ4n) is 3.27. The molecule has 0 bridgehead atoms. The van der Waals surface area contributed by atoms with E-state index in [0.717, 1.165) is 11.3 Å². The number of benzene rings is 2. The number of imide groups is 1. The first-order chi connectivity index (χ1) is 15.2. The second-order valence-corrected chi connectivity index (χ2v) is 7.81. The minimum atomic E-state index is -0.814. The van der Waals surface area contributed by atoms with E-state index in [1.54, 1.807) is 0 Å². The summed E-state index contributed by atoms with van der Waals surface area (Å²) in [4.78, 5) is 52.0. The lowest BCUT2D eigenvalue weighted by atomic mass is 10.1. The van der Waals surface area contributed by atoms with Gasteiger partial charge in [-0.2, -0.15) is 0 Å². The molecule has 3 amide bonds. The lowest BCUT2D eigenvalue weighted by Gasteiger charge is -2.18. The van der Waals surface area contributed by atoms with E-state index in [1.165, 1.54) is 48.3 Å². The SMILES string of the molecule is CCCCN1C(=O)c2ccc(C(=O)OCC(=O)N(C)Cc3c(F)cccc3Cl)cc2C1=O. The van der Waals surface area contributed by atoms with Crippen LogP contribution in [0.2, 0.25) is 5.02 Å². The Morgan fingerprint density at radius 3 is 2.53 bits per heavy atom. The largest absolute Gasteiger partial charge is 0.452 e. The Morgan fingerprint density at radius 1 is 1.12 bits per heavy atom. The number of ether oxygens (including phenoxy) is 1.